The average molecular weight is 439 g/mol. The van der Waals surface area contributed by atoms with Gasteiger partial charge in [-0.1, -0.05) is 17.3 Å². The fourth-order valence-corrected chi connectivity index (χ4v) is 4.02. The van der Waals surface area contributed by atoms with E-state index >= 15 is 0 Å². The molecule has 2 aromatic carbocycles. The van der Waals surface area contributed by atoms with Crippen LogP contribution < -0.4 is 4.74 Å². The van der Waals surface area contributed by atoms with Gasteiger partial charge in [-0.3, -0.25) is 9.69 Å². The Morgan fingerprint density at radius 1 is 1.22 bits per heavy atom. The summed E-state index contributed by atoms with van der Waals surface area (Å²) in [5, 5.41) is 4.03. The standard InChI is InChI=1S/C24H27FN4O3/c1-28(16-22-26-23(27-32-22)18-7-11-21(31-2)12-8-18)24(30)19-4-3-13-29(15-19)14-17-5-9-20(25)10-6-17/h5-12,19H,3-4,13-16H2,1-2H3/t19-/m1/s1. The third kappa shape index (κ3) is 5.31. The molecule has 0 saturated carbocycles. The quantitative estimate of drug-likeness (QED) is 0.560. The second-order valence-corrected chi connectivity index (χ2v) is 8.14. The fourth-order valence-electron chi connectivity index (χ4n) is 4.02. The Morgan fingerprint density at radius 3 is 2.69 bits per heavy atom. The Balaban J connectivity index is 1.33. The van der Waals surface area contributed by atoms with E-state index in [0.717, 1.165) is 36.3 Å². The number of hydrogen-bond acceptors (Lipinski definition) is 6. The van der Waals surface area contributed by atoms with Gasteiger partial charge in [-0.05, 0) is 61.3 Å². The Morgan fingerprint density at radius 2 is 1.97 bits per heavy atom. The molecule has 1 saturated heterocycles. The van der Waals surface area contributed by atoms with Gasteiger partial charge in [0.15, 0.2) is 0 Å². The average Bonchev–Trinajstić information content (AvgIpc) is 3.28. The van der Waals surface area contributed by atoms with Crippen LogP contribution in [0.1, 0.15) is 24.3 Å². The molecule has 8 heteroatoms. The smallest absolute Gasteiger partial charge is 0.246 e. The molecule has 1 aliphatic rings. The molecule has 1 atom stereocenters. The van der Waals surface area contributed by atoms with Gasteiger partial charge in [0, 0.05) is 25.7 Å². The second kappa shape index (κ2) is 9.91. The van der Waals surface area contributed by atoms with E-state index in [9.17, 15) is 9.18 Å². The number of benzene rings is 2. The number of amides is 1. The summed E-state index contributed by atoms with van der Waals surface area (Å²) in [6.07, 6.45) is 1.80. The molecule has 7 nitrogen and oxygen atoms in total. The summed E-state index contributed by atoms with van der Waals surface area (Å²) in [5.74, 6) is 1.37. The van der Waals surface area contributed by atoms with E-state index in [2.05, 4.69) is 15.0 Å². The van der Waals surface area contributed by atoms with Crippen molar-refractivity contribution in [2.45, 2.75) is 25.9 Å². The Labute approximate surface area is 186 Å². The van der Waals surface area contributed by atoms with Crippen molar-refractivity contribution < 1.29 is 18.4 Å². The largest absolute Gasteiger partial charge is 0.497 e. The van der Waals surface area contributed by atoms with Crippen LogP contribution in [0.25, 0.3) is 11.4 Å². The number of methoxy groups -OCH3 is 1. The molecule has 1 amide bonds. The maximum atomic E-state index is 13.1. The topological polar surface area (TPSA) is 71.7 Å². The highest BCUT2D eigenvalue weighted by Gasteiger charge is 2.28. The number of halogens is 1. The Kier molecular flexibility index (Phi) is 6.80. The molecule has 0 aliphatic carbocycles. The van der Waals surface area contributed by atoms with Crippen molar-refractivity contribution in [1.82, 2.24) is 19.9 Å². The number of ether oxygens (including phenoxy) is 1. The zero-order chi connectivity index (χ0) is 22.5. The molecular weight excluding hydrogens is 411 g/mol. The van der Waals surface area contributed by atoms with Gasteiger partial charge in [0.1, 0.15) is 11.6 Å². The van der Waals surface area contributed by atoms with Crippen molar-refractivity contribution in [2.24, 2.45) is 5.92 Å². The zero-order valence-electron chi connectivity index (χ0n) is 18.3. The summed E-state index contributed by atoms with van der Waals surface area (Å²) in [6, 6.07) is 13.9. The van der Waals surface area contributed by atoms with Crippen LogP contribution >= 0.6 is 0 Å². The van der Waals surface area contributed by atoms with E-state index in [1.54, 1.807) is 31.2 Å². The molecule has 32 heavy (non-hydrogen) atoms. The van der Waals surface area contributed by atoms with Gasteiger partial charge in [0.05, 0.1) is 19.6 Å². The van der Waals surface area contributed by atoms with Crippen LogP contribution in [0, 0.1) is 11.7 Å². The molecule has 0 spiro atoms. The first-order valence-electron chi connectivity index (χ1n) is 10.7. The van der Waals surface area contributed by atoms with Crippen molar-refractivity contribution in [3.8, 4) is 17.1 Å². The third-order valence-electron chi connectivity index (χ3n) is 5.74. The van der Waals surface area contributed by atoms with E-state index in [-0.39, 0.29) is 24.2 Å². The molecule has 0 unspecified atom stereocenters. The van der Waals surface area contributed by atoms with Gasteiger partial charge >= 0.3 is 0 Å². The number of carbonyl (C=O) groups excluding carboxylic acids is 1. The zero-order valence-corrected chi connectivity index (χ0v) is 18.3. The van der Waals surface area contributed by atoms with Gasteiger partial charge in [0.2, 0.25) is 17.6 Å². The van der Waals surface area contributed by atoms with Crippen molar-refractivity contribution >= 4 is 5.91 Å². The molecule has 4 rings (SSSR count). The third-order valence-corrected chi connectivity index (χ3v) is 5.74. The lowest BCUT2D eigenvalue weighted by atomic mass is 9.96. The Bertz CT molecular complexity index is 1040. The highest BCUT2D eigenvalue weighted by atomic mass is 19.1. The SMILES string of the molecule is COc1ccc(-c2noc(CN(C)C(=O)[C@@H]3CCCN(Cc4ccc(F)cc4)C3)n2)cc1. The van der Waals surface area contributed by atoms with Crippen LogP contribution in [0.2, 0.25) is 0 Å². The summed E-state index contributed by atoms with van der Waals surface area (Å²) in [5.41, 5.74) is 1.86. The van der Waals surface area contributed by atoms with Crippen LogP contribution in [-0.4, -0.2) is 53.1 Å². The lowest BCUT2D eigenvalue weighted by Crippen LogP contribution is -2.43. The first kappa shape index (κ1) is 22.0. The summed E-state index contributed by atoms with van der Waals surface area (Å²) in [6.45, 7) is 2.58. The van der Waals surface area contributed by atoms with Gasteiger partial charge in [-0.25, -0.2) is 4.39 Å². The predicted octanol–water partition coefficient (Wildman–Crippen LogP) is 3.75. The first-order chi connectivity index (χ1) is 15.5. The van der Waals surface area contributed by atoms with Crippen molar-refractivity contribution in [3.63, 3.8) is 0 Å². The fraction of sp³-hybridized carbons (Fsp3) is 0.375. The minimum atomic E-state index is -0.238. The minimum absolute atomic E-state index is 0.0676. The number of likely N-dealkylation sites (tertiary alicyclic amines) is 1. The van der Waals surface area contributed by atoms with E-state index in [1.165, 1.54) is 12.1 Å². The minimum Gasteiger partial charge on any atom is -0.497 e. The normalized spacial score (nSPS) is 16.7. The summed E-state index contributed by atoms with van der Waals surface area (Å²) in [4.78, 5) is 21.4. The number of nitrogens with zero attached hydrogens (tertiary/aromatic N) is 4. The maximum absolute atomic E-state index is 13.1. The molecular formula is C24H27FN4O3. The lowest BCUT2D eigenvalue weighted by Gasteiger charge is -2.33. The number of aromatic nitrogens is 2. The number of carbonyl (C=O) groups is 1. The number of hydrogen-bond donors (Lipinski definition) is 0. The van der Waals surface area contributed by atoms with E-state index < -0.39 is 0 Å². The highest BCUT2D eigenvalue weighted by molar-refractivity contribution is 5.78. The molecule has 168 valence electrons. The van der Waals surface area contributed by atoms with Crippen LogP contribution in [-0.2, 0) is 17.9 Å². The molecule has 3 aromatic rings. The molecule has 0 radical (unpaired) electrons. The number of piperidine rings is 1. The molecule has 2 heterocycles. The molecule has 0 bridgehead atoms. The highest BCUT2D eigenvalue weighted by Crippen LogP contribution is 2.23. The van der Waals surface area contributed by atoms with Crippen LogP contribution in [0.3, 0.4) is 0 Å². The van der Waals surface area contributed by atoms with Crippen LogP contribution in [0.4, 0.5) is 4.39 Å². The second-order valence-electron chi connectivity index (χ2n) is 8.14. The molecule has 0 N–H and O–H groups in total. The molecule has 1 fully saturated rings. The monoisotopic (exact) mass is 438 g/mol. The molecule has 1 aliphatic heterocycles. The number of rotatable bonds is 7. The van der Waals surface area contributed by atoms with Crippen molar-refractivity contribution in [3.05, 3.63) is 65.8 Å². The van der Waals surface area contributed by atoms with E-state index in [1.807, 2.05) is 24.3 Å². The first-order valence-corrected chi connectivity index (χ1v) is 10.7. The van der Waals surface area contributed by atoms with Crippen molar-refractivity contribution in [2.75, 3.05) is 27.2 Å². The summed E-state index contributed by atoms with van der Waals surface area (Å²) in [7, 11) is 3.38. The van der Waals surface area contributed by atoms with Gasteiger partial charge < -0.3 is 14.2 Å². The maximum Gasteiger partial charge on any atom is 0.246 e. The molecule has 1 aromatic heterocycles. The van der Waals surface area contributed by atoms with Gasteiger partial charge in [-0.15, -0.1) is 0 Å². The van der Waals surface area contributed by atoms with Crippen LogP contribution in [0.15, 0.2) is 53.1 Å². The lowest BCUT2D eigenvalue weighted by molar-refractivity contribution is -0.137. The van der Waals surface area contributed by atoms with E-state index in [0.29, 0.717) is 24.8 Å². The summed E-state index contributed by atoms with van der Waals surface area (Å²) < 4.78 is 23.7. The Hall–Kier alpha value is -3.26. The predicted molar refractivity (Wildman–Crippen MR) is 117 cm³/mol. The van der Waals surface area contributed by atoms with Gasteiger partial charge in [-0.2, -0.15) is 4.98 Å². The van der Waals surface area contributed by atoms with E-state index in [4.69, 9.17) is 9.26 Å². The summed E-state index contributed by atoms with van der Waals surface area (Å²) >= 11 is 0. The van der Waals surface area contributed by atoms with Gasteiger partial charge in [0.25, 0.3) is 0 Å². The van der Waals surface area contributed by atoms with Crippen molar-refractivity contribution in [1.29, 1.82) is 0 Å². The van der Waals surface area contributed by atoms with Crippen LogP contribution in [0.5, 0.6) is 5.75 Å².